The van der Waals surface area contributed by atoms with Crippen molar-refractivity contribution in [3.05, 3.63) is 20.9 Å². The van der Waals surface area contributed by atoms with Gasteiger partial charge in [-0.2, -0.15) is 0 Å². The summed E-state index contributed by atoms with van der Waals surface area (Å²) in [5.74, 6) is -1.13. The van der Waals surface area contributed by atoms with E-state index < -0.39 is 5.79 Å². The molecule has 0 aliphatic carbocycles. The summed E-state index contributed by atoms with van der Waals surface area (Å²) in [6.07, 6.45) is 0.942. The molecule has 1 rings (SSSR count). The molecule has 0 unspecified atom stereocenters. The van der Waals surface area contributed by atoms with Gasteiger partial charge in [0.2, 0.25) is 0 Å². The molecular weight excluding hydrogens is 196 g/mol. The van der Waals surface area contributed by atoms with Crippen LogP contribution < -0.4 is 5.32 Å². The van der Waals surface area contributed by atoms with Crippen LogP contribution in [-0.4, -0.2) is 36.9 Å². The molecule has 0 spiro atoms. The van der Waals surface area contributed by atoms with Crippen LogP contribution in [-0.2, 0) is 0 Å². The molecule has 1 saturated heterocycles. The van der Waals surface area contributed by atoms with Crippen molar-refractivity contribution >= 4 is 0 Å². The first-order valence-corrected chi connectivity index (χ1v) is 4.81. The molecule has 0 aromatic rings. The van der Waals surface area contributed by atoms with E-state index in [1.807, 2.05) is 4.90 Å². The van der Waals surface area contributed by atoms with E-state index in [0.29, 0.717) is 6.54 Å². The van der Waals surface area contributed by atoms with E-state index in [4.69, 9.17) is 11.1 Å². The Morgan fingerprint density at radius 2 is 1.87 bits per heavy atom. The van der Waals surface area contributed by atoms with Gasteiger partial charge in [0.05, 0.1) is 0 Å². The predicted molar refractivity (Wildman–Crippen MR) is 55.8 cm³/mol. The van der Waals surface area contributed by atoms with Crippen LogP contribution in [0.15, 0.2) is 10.2 Å². The van der Waals surface area contributed by atoms with Gasteiger partial charge in [-0.3, -0.25) is 4.90 Å². The second-order valence-corrected chi connectivity index (χ2v) is 3.44. The third-order valence-corrected chi connectivity index (χ3v) is 2.41. The number of nitrogens with one attached hydrogen (secondary N) is 1. The van der Waals surface area contributed by atoms with Gasteiger partial charge >= 0.3 is 0 Å². The first kappa shape index (κ1) is 11.6. The molecule has 0 aromatic carbocycles. The van der Waals surface area contributed by atoms with Crippen molar-refractivity contribution in [3.63, 3.8) is 0 Å². The van der Waals surface area contributed by atoms with Crippen molar-refractivity contribution in [2.45, 2.75) is 19.1 Å². The average Bonchev–Trinajstić information content (AvgIpc) is 2.46. The van der Waals surface area contributed by atoms with Gasteiger partial charge in [-0.05, 0) is 31.0 Å². The second kappa shape index (κ2) is 5.43. The Hall–Kier alpha value is -1.46. The van der Waals surface area contributed by atoms with Gasteiger partial charge in [0.15, 0.2) is 5.79 Å². The third-order valence-electron chi connectivity index (χ3n) is 2.41. The van der Waals surface area contributed by atoms with E-state index in [9.17, 15) is 0 Å². The van der Waals surface area contributed by atoms with Crippen molar-refractivity contribution in [1.29, 1.82) is 0 Å². The van der Waals surface area contributed by atoms with Crippen LogP contribution in [0.1, 0.15) is 13.3 Å². The lowest BCUT2D eigenvalue weighted by atomic mass is 10.3. The Morgan fingerprint density at radius 1 is 1.20 bits per heavy atom. The van der Waals surface area contributed by atoms with Crippen LogP contribution in [0.5, 0.6) is 0 Å². The molecular formula is C7H14N8. The fourth-order valence-electron chi connectivity index (χ4n) is 1.59. The predicted octanol–water partition coefficient (Wildman–Crippen LogP) is 1.58. The molecule has 1 aliphatic rings. The Bertz CT molecular complexity index is 274. The van der Waals surface area contributed by atoms with Crippen LogP contribution in [0, 0.1) is 0 Å². The zero-order valence-corrected chi connectivity index (χ0v) is 8.67. The standard InChI is InChI=1S/C7H14N8/c1-7(11-13-8,12-14-9)15-5-2-3-10-4-6-15/h10H,2-6H2,1H3. The summed E-state index contributed by atoms with van der Waals surface area (Å²) in [6.45, 7) is 4.81. The lowest BCUT2D eigenvalue weighted by Gasteiger charge is -2.32. The summed E-state index contributed by atoms with van der Waals surface area (Å²) in [7, 11) is 0. The second-order valence-electron chi connectivity index (χ2n) is 3.44. The molecule has 0 bridgehead atoms. The Labute approximate surface area is 87.5 Å². The molecule has 1 heterocycles. The molecule has 0 atom stereocenters. The van der Waals surface area contributed by atoms with Crippen LogP contribution in [0.4, 0.5) is 0 Å². The molecule has 1 N–H and O–H groups in total. The SMILES string of the molecule is CC(N=[N+]=[N-])(N=[N+]=[N-])N1CCCNCC1. The maximum atomic E-state index is 8.46. The lowest BCUT2D eigenvalue weighted by Crippen LogP contribution is -2.44. The fourth-order valence-corrected chi connectivity index (χ4v) is 1.59. The van der Waals surface area contributed by atoms with E-state index >= 15 is 0 Å². The molecule has 8 nitrogen and oxygen atoms in total. The van der Waals surface area contributed by atoms with E-state index in [-0.39, 0.29) is 0 Å². The summed E-state index contributed by atoms with van der Waals surface area (Å²) in [5.41, 5.74) is 16.9. The normalized spacial score (nSPS) is 21.7. The van der Waals surface area contributed by atoms with Crippen molar-refractivity contribution in [3.8, 4) is 0 Å². The molecule has 0 aromatic heterocycles. The number of hydrogen-bond acceptors (Lipinski definition) is 4. The zero-order valence-electron chi connectivity index (χ0n) is 8.67. The van der Waals surface area contributed by atoms with Crippen LogP contribution in [0.25, 0.3) is 20.9 Å². The molecule has 15 heavy (non-hydrogen) atoms. The first-order valence-electron chi connectivity index (χ1n) is 4.81. The number of rotatable bonds is 3. The highest BCUT2D eigenvalue weighted by molar-refractivity contribution is 4.84. The van der Waals surface area contributed by atoms with Gasteiger partial charge in [0.1, 0.15) is 0 Å². The first-order chi connectivity index (χ1) is 7.23. The topological polar surface area (TPSA) is 113 Å². The Morgan fingerprint density at radius 3 is 2.47 bits per heavy atom. The smallest absolute Gasteiger partial charge is 0.176 e. The minimum atomic E-state index is -1.13. The maximum absolute atomic E-state index is 8.46. The van der Waals surface area contributed by atoms with E-state index in [1.54, 1.807) is 6.92 Å². The van der Waals surface area contributed by atoms with Gasteiger partial charge in [-0.15, -0.1) is 0 Å². The van der Waals surface area contributed by atoms with Gasteiger partial charge in [-0.25, -0.2) is 0 Å². The average molecular weight is 210 g/mol. The highest BCUT2D eigenvalue weighted by Gasteiger charge is 2.29. The van der Waals surface area contributed by atoms with Gasteiger partial charge in [0, 0.05) is 29.5 Å². The summed E-state index contributed by atoms with van der Waals surface area (Å²) in [6, 6.07) is 0. The van der Waals surface area contributed by atoms with Gasteiger partial charge in [-0.1, -0.05) is 10.2 Å². The van der Waals surface area contributed by atoms with E-state index in [2.05, 4.69) is 25.4 Å². The largest absolute Gasteiger partial charge is 0.315 e. The zero-order chi connectivity index (χ0) is 11.1. The quantitative estimate of drug-likeness (QED) is 0.433. The highest BCUT2D eigenvalue weighted by atomic mass is 15.5. The fraction of sp³-hybridized carbons (Fsp3) is 1.00. The maximum Gasteiger partial charge on any atom is 0.176 e. The summed E-state index contributed by atoms with van der Waals surface area (Å²) < 4.78 is 0. The lowest BCUT2D eigenvalue weighted by molar-refractivity contribution is 0.124. The molecule has 1 aliphatic heterocycles. The molecule has 8 heteroatoms. The molecule has 82 valence electrons. The monoisotopic (exact) mass is 210 g/mol. The minimum absolute atomic E-state index is 0.703. The summed E-state index contributed by atoms with van der Waals surface area (Å²) in [5, 5.41) is 10.4. The van der Waals surface area contributed by atoms with Crippen LogP contribution in [0.2, 0.25) is 0 Å². The summed E-state index contributed by atoms with van der Waals surface area (Å²) >= 11 is 0. The number of hydrogen-bond donors (Lipinski definition) is 1. The van der Waals surface area contributed by atoms with E-state index in [0.717, 1.165) is 26.1 Å². The molecule has 0 radical (unpaired) electrons. The van der Waals surface area contributed by atoms with Crippen LogP contribution >= 0.6 is 0 Å². The molecule has 0 amide bonds. The molecule has 0 saturated carbocycles. The minimum Gasteiger partial charge on any atom is -0.315 e. The van der Waals surface area contributed by atoms with Crippen molar-refractivity contribution < 1.29 is 0 Å². The van der Waals surface area contributed by atoms with Crippen LogP contribution in [0.3, 0.4) is 0 Å². The molecule has 1 fully saturated rings. The van der Waals surface area contributed by atoms with Gasteiger partial charge in [0.25, 0.3) is 0 Å². The number of azide groups is 1. The third kappa shape index (κ3) is 3.00. The Kier molecular flexibility index (Phi) is 4.20. The van der Waals surface area contributed by atoms with Gasteiger partial charge < -0.3 is 5.32 Å². The van der Waals surface area contributed by atoms with Crippen molar-refractivity contribution in [2.75, 3.05) is 26.2 Å². The number of nitrogens with zero attached hydrogens (tertiary/aromatic N) is 7. The van der Waals surface area contributed by atoms with E-state index in [1.165, 1.54) is 0 Å². The van der Waals surface area contributed by atoms with Crippen molar-refractivity contribution in [1.82, 2.24) is 10.2 Å². The summed E-state index contributed by atoms with van der Waals surface area (Å²) in [4.78, 5) is 7.34. The van der Waals surface area contributed by atoms with Crippen molar-refractivity contribution in [2.24, 2.45) is 10.2 Å². The Balaban J connectivity index is 2.85. The highest BCUT2D eigenvalue weighted by Crippen LogP contribution is 2.20.